The molecule has 0 spiro atoms. The first kappa shape index (κ1) is 11.2. The summed E-state index contributed by atoms with van der Waals surface area (Å²) in [5, 5.41) is 2.71. The van der Waals surface area contributed by atoms with E-state index in [9.17, 15) is 0 Å². The van der Waals surface area contributed by atoms with E-state index in [-0.39, 0.29) is 0 Å². The van der Waals surface area contributed by atoms with Crippen LogP contribution in [0.4, 0.5) is 0 Å². The molecule has 0 radical (unpaired) electrons. The van der Waals surface area contributed by atoms with Gasteiger partial charge in [-0.25, -0.2) is 0 Å². The fourth-order valence-electron chi connectivity index (χ4n) is 3.08. The lowest BCUT2D eigenvalue weighted by atomic mass is 9.82. The van der Waals surface area contributed by atoms with Gasteiger partial charge in [-0.05, 0) is 41.2 Å². The summed E-state index contributed by atoms with van der Waals surface area (Å²) in [4.78, 5) is 1.10. The van der Waals surface area contributed by atoms with Gasteiger partial charge >= 0.3 is 0 Å². The summed E-state index contributed by atoms with van der Waals surface area (Å²) in [6, 6.07) is 13.1. The number of hydrogen-bond donors (Lipinski definition) is 1. The van der Waals surface area contributed by atoms with E-state index in [1.165, 1.54) is 48.4 Å². The molecule has 0 aromatic heterocycles. The monoisotopic (exact) mass is 242 g/mol. The van der Waals surface area contributed by atoms with E-state index >= 15 is 0 Å². The molecule has 2 aromatic rings. The standard InChI is InChI=1S/C16H18S/c17-16-11-10-13(12-6-2-1-3-7-12)14-8-4-5-9-15(14)16/h4-5,8-12,17H,1-3,6-7H2. The fourth-order valence-corrected chi connectivity index (χ4v) is 3.35. The van der Waals surface area contributed by atoms with Gasteiger partial charge in [-0.1, -0.05) is 49.6 Å². The van der Waals surface area contributed by atoms with Crippen LogP contribution >= 0.6 is 12.6 Å². The number of benzene rings is 2. The van der Waals surface area contributed by atoms with Crippen molar-refractivity contribution in [3.05, 3.63) is 42.0 Å². The molecule has 1 fully saturated rings. The van der Waals surface area contributed by atoms with Crippen LogP contribution in [-0.4, -0.2) is 0 Å². The van der Waals surface area contributed by atoms with Crippen molar-refractivity contribution in [1.82, 2.24) is 0 Å². The Morgan fingerprint density at radius 2 is 1.53 bits per heavy atom. The van der Waals surface area contributed by atoms with E-state index in [0.29, 0.717) is 0 Å². The Labute approximate surface area is 108 Å². The molecule has 0 bridgehead atoms. The molecule has 17 heavy (non-hydrogen) atoms. The molecule has 0 aliphatic heterocycles. The first-order valence-corrected chi connectivity index (χ1v) is 7.01. The second-order valence-corrected chi connectivity index (χ2v) is 5.54. The zero-order valence-electron chi connectivity index (χ0n) is 10.0. The molecule has 1 aliphatic rings. The lowest BCUT2D eigenvalue weighted by molar-refractivity contribution is 0.445. The van der Waals surface area contributed by atoms with Crippen LogP contribution in [0.2, 0.25) is 0 Å². The van der Waals surface area contributed by atoms with E-state index in [4.69, 9.17) is 0 Å². The molecule has 1 heteroatoms. The molecular weight excluding hydrogens is 224 g/mol. The minimum absolute atomic E-state index is 0.766. The van der Waals surface area contributed by atoms with Gasteiger partial charge in [0.2, 0.25) is 0 Å². The van der Waals surface area contributed by atoms with Crippen molar-refractivity contribution in [1.29, 1.82) is 0 Å². The fraction of sp³-hybridized carbons (Fsp3) is 0.375. The van der Waals surface area contributed by atoms with E-state index in [1.54, 1.807) is 0 Å². The molecule has 0 unspecified atom stereocenters. The number of rotatable bonds is 1. The SMILES string of the molecule is Sc1ccc(C2CCCCC2)c2ccccc12. The van der Waals surface area contributed by atoms with E-state index in [2.05, 4.69) is 49.0 Å². The summed E-state index contributed by atoms with van der Waals surface area (Å²) in [5.74, 6) is 0.766. The van der Waals surface area contributed by atoms with Crippen molar-refractivity contribution in [3.8, 4) is 0 Å². The Kier molecular flexibility index (Phi) is 3.11. The van der Waals surface area contributed by atoms with Gasteiger partial charge in [0.15, 0.2) is 0 Å². The molecule has 0 N–H and O–H groups in total. The maximum Gasteiger partial charge on any atom is 0.0119 e. The van der Waals surface area contributed by atoms with Crippen molar-refractivity contribution >= 4 is 23.4 Å². The lowest BCUT2D eigenvalue weighted by Crippen LogP contribution is -2.05. The molecule has 2 aromatic carbocycles. The zero-order chi connectivity index (χ0) is 11.7. The molecule has 0 heterocycles. The highest BCUT2D eigenvalue weighted by Gasteiger charge is 2.17. The molecule has 0 nitrogen and oxygen atoms in total. The second-order valence-electron chi connectivity index (χ2n) is 5.05. The summed E-state index contributed by atoms with van der Waals surface area (Å²) >= 11 is 4.56. The van der Waals surface area contributed by atoms with Crippen molar-refractivity contribution in [2.45, 2.75) is 42.9 Å². The van der Waals surface area contributed by atoms with Crippen LogP contribution in [0.1, 0.15) is 43.6 Å². The minimum Gasteiger partial charge on any atom is -0.143 e. The van der Waals surface area contributed by atoms with E-state index < -0.39 is 0 Å². The number of fused-ring (bicyclic) bond motifs is 1. The lowest BCUT2D eigenvalue weighted by Gasteiger charge is -2.23. The van der Waals surface area contributed by atoms with Gasteiger partial charge in [0.25, 0.3) is 0 Å². The third kappa shape index (κ3) is 2.09. The van der Waals surface area contributed by atoms with Gasteiger partial charge in [0, 0.05) is 4.90 Å². The third-order valence-corrected chi connectivity index (χ3v) is 4.37. The van der Waals surface area contributed by atoms with Gasteiger partial charge in [-0.3, -0.25) is 0 Å². The van der Waals surface area contributed by atoms with Crippen molar-refractivity contribution in [3.63, 3.8) is 0 Å². The molecule has 0 saturated heterocycles. The Balaban J connectivity index is 2.12. The highest BCUT2D eigenvalue weighted by atomic mass is 32.1. The van der Waals surface area contributed by atoms with Gasteiger partial charge in [-0.2, -0.15) is 0 Å². The summed E-state index contributed by atoms with van der Waals surface area (Å²) in [5.41, 5.74) is 1.54. The summed E-state index contributed by atoms with van der Waals surface area (Å²) in [6.45, 7) is 0. The minimum atomic E-state index is 0.766. The number of hydrogen-bond acceptors (Lipinski definition) is 1. The molecule has 0 amide bonds. The van der Waals surface area contributed by atoms with Gasteiger partial charge in [0.1, 0.15) is 0 Å². The Bertz CT molecular complexity index is 524. The van der Waals surface area contributed by atoms with Crippen LogP contribution in [0.5, 0.6) is 0 Å². The molecule has 3 rings (SSSR count). The average Bonchev–Trinajstić information content (AvgIpc) is 2.41. The van der Waals surface area contributed by atoms with Gasteiger partial charge in [0.05, 0.1) is 0 Å². The van der Waals surface area contributed by atoms with Crippen LogP contribution in [0.15, 0.2) is 41.3 Å². The largest absolute Gasteiger partial charge is 0.143 e. The van der Waals surface area contributed by atoms with Crippen LogP contribution in [0, 0.1) is 0 Å². The number of thiol groups is 1. The van der Waals surface area contributed by atoms with Crippen LogP contribution in [0.25, 0.3) is 10.8 Å². The molecule has 1 saturated carbocycles. The summed E-state index contributed by atoms with van der Waals surface area (Å²) in [7, 11) is 0. The van der Waals surface area contributed by atoms with E-state index in [0.717, 1.165) is 10.8 Å². The molecule has 88 valence electrons. The van der Waals surface area contributed by atoms with Crippen LogP contribution in [0.3, 0.4) is 0 Å². The third-order valence-electron chi connectivity index (χ3n) is 3.98. The highest BCUT2D eigenvalue weighted by Crippen LogP contribution is 2.37. The topological polar surface area (TPSA) is 0 Å². The van der Waals surface area contributed by atoms with Gasteiger partial charge in [-0.15, -0.1) is 12.6 Å². The normalized spacial score (nSPS) is 17.5. The summed E-state index contributed by atoms with van der Waals surface area (Å²) in [6.07, 6.45) is 6.91. The van der Waals surface area contributed by atoms with Crippen molar-refractivity contribution in [2.75, 3.05) is 0 Å². The quantitative estimate of drug-likeness (QED) is 0.655. The van der Waals surface area contributed by atoms with Crippen LogP contribution < -0.4 is 0 Å². The maximum absolute atomic E-state index is 4.56. The molecular formula is C16H18S. The smallest absolute Gasteiger partial charge is 0.0119 e. The first-order chi connectivity index (χ1) is 8.36. The first-order valence-electron chi connectivity index (χ1n) is 6.57. The molecule has 1 aliphatic carbocycles. The highest BCUT2D eigenvalue weighted by molar-refractivity contribution is 7.80. The van der Waals surface area contributed by atoms with Gasteiger partial charge < -0.3 is 0 Å². The molecule has 0 atom stereocenters. The maximum atomic E-state index is 4.56. The Morgan fingerprint density at radius 3 is 2.29 bits per heavy atom. The Hall–Kier alpha value is -0.950. The van der Waals surface area contributed by atoms with E-state index in [1.807, 2.05) is 0 Å². The Morgan fingerprint density at radius 1 is 0.824 bits per heavy atom. The predicted octanol–water partition coefficient (Wildman–Crippen LogP) is 5.18. The predicted molar refractivity (Wildman–Crippen MR) is 77.0 cm³/mol. The van der Waals surface area contributed by atoms with Crippen molar-refractivity contribution in [2.24, 2.45) is 0 Å². The summed E-state index contributed by atoms with van der Waals surface area (Å²) < 4.78 is 0. The second kappa shape index (κ2) is 4.73. The van der Waals surface area contributed by atoms with Crippen molar-refractivity contribution < 1.29 is 0 Å². The average molecular weight is 242 g/mol. The van der Waals surface area contributed by atoms with Crippen LogP contribution in [-0.2, 0) is 0 Å². The zero-order valence-corrected chi connectivity index (χ0v) is 10.9.